The summed E-state index contributed by atoms with van der Waals surface area (Å²) < 4.78 is 1.68. The summed E-state index contributed by atoms with van der Waals surface area (Å²) in [5.41, 5.74) is 0.930. The van der Waals surface area contributed by atoms with Crippen LogP contribution in [0.2, 0.25) is 0 Å². The van der Waals surface area contributed by atoms with Crippen LogP contribution in [-0.4, -0.2) is 24.5 Å². The van der Waals surface area contributed by atoms with E-state index in [1.807, 2.05) is 0 Å². The molecule has 0 atom stereocenters. The number of fused-ring (bicyclic) bond motifs is 1. The van der Waals surface area contributed by atoms with Gasteiger partial charge in [-0.25, -0.2) is 9.78 Å². The summed E-state index contributed by atoms with van der Waals surface area (Å²) in [7, 11) is 0. The second-order valence-corrected chi connectivity index (χ2v) is 6.81. The Labute approximate surface area is 154 Å². The summed E-state index contributed by atoms with van der Waals surface area (Å²) in [6.45, 7) is 0. The Kier molecular flexibility index (Phi) is 4.46. The lowest BCUT2D eigenvalue weighted by molar-refractivity contribution is 0.277. The first-order valence-electron chi connectivity index (χ1n) is 8.94. The minimum Gasteiger partial charge on any atom is -0.327 e. The number of aromatic nitrogens is 5. The van der Waals surface area contributed by atoms with Crippen LogP contribution >= 0.6 is 0 Å². The van der Waals surface area contributed by atoms with Gasteiger partial charge in [0.2, 0.25) is 5.95 Å². The predicted molar refractivity (Wildman–Crippen MR) is 99.7 cm³/mol. The minimum atomic E-state index is -0.275. The van der Waals surface area contributed by atoms with Crippen LogP contribution in [0.25, 0.3) is 11.2 Å². The smallest absolute Gasteiger partial charge is 0.327 e. The van der Waals surface area contributed by atoms with Crippen molar-refractivity contribution >= 4 is 22.8 Å². The van der Waals surface area contributed by atoms with Gasteiger partial charge in [-0.15, -0.1) is 0 Å². The average Bonchev–Trinajstić information content (AvgIpc) is 3.00. The van der Waals surface area contributed by atoms with Gasteiger partial charge in [0.05, 0.1) is 12.3 Å². The molecule has 3 heterocycles. The van der Waals surface area contributed by atoms with E-state index in [0.717, 1.165) is 25.7 Å². The topological polar surface area (TPSA) is 132 Å². The lowest BCUT2D eigenvalue weighted by Crippen LogP contribution is -2.26. The molecule has 27 heavy (non-hydrogen) atoms. The molecule has 0 unspecified atom stereocenters. The fraction of sp³-hybridized carbons (Fsp3) is 0.389. The molecule has 3 aromatic rings. The first kappa shape index (κ1) is 17.0. The maximum Gasteiger partial charge on any atom is 0.327 e. The van der Waals surface area contributed by atoms with E-state index in [1.165, 1.54) is 0 Å². The number of aromatic amines is 2. The van der Waals surface area contributed by atoms with E-state index in [-0.39, 0.29) is 23.2 Å². The molecule has 3 aromatic heterocycles. The lowest BCUT2D eigenvalue weighted by Gasteiger charge is -2.27. The molecule has 1 saturated carbocycles. The standard InChI is InChI=1S/C18H19N7O2/c19-8-7-11-3-5-12(6-4-11)25-15-14(23-18(25)27)10-21-17(24-15)22-13-2-1-9-20-16(13)26/h1-2,9-12H,3-7H2,(H,20,26)(H,23,27)(H,21,22,24)/t11-,12-. The highest BCUT2D eigenvalue weighted by molar-refractivity contribution is 5.71. The van der Waals surface area contributed by atoms with Crippen LogP contribution in [-0.2, 0) is 0 Å². The van der Waals surface area contributed by atoms with Crippen LogP contribution in [0.1, 0.15) is 38.1 Å². The van der Waals surface area contributed by atoms with Gasteiger partial charge in [-0.1, -0.05) is 0 Å². The third-order valence-electron chi connectivity index (χ3n) is 5.08. The largest absolute Gasteiger partial charge is 0.327 e. The molecular formula is C18H19N7O2. The van der Waals surface area contributed by atoms with Gasteiger partial charge in [0.1, 0.15) is 11.2 Å². The summed E-state index contributed by atoms with van der Waals surface area (Å²) in [6, 6.07) is 5.61. The van der Waals surface area contributed by atoms with Crippen LogP contribution in [0.4, 0.5) is 11.6 Å². The Morgan fingerprint density at radius 2 is 2.11 bits per heavy atom. The maximum atomic E-state index is 12.5. The van der Waals surface area contributed by atoms with Gasteiger partial charge in [-0.3, -0.25) is 9.36 Å². The highest BCUT2D eigenvalue weighted by atomic mass is 16.1. The van der Waals surface area contributed by atoms with E-state index >= 15 is 0 Å². The molecule has 9 heteroatoms. The van der Waals surface area contributed by atoms with Crippen LogP contribution in [0, 0.1) is 17.2 Å². The molecular weight excluding hydrogens is 346 g/mol. The van der Waals surface area contributed by atoms with Crippen LogP contribution in [0.15, 0.2) is 34.1 Å². The summed E-state index contributed by atoms with van der Waals surface area (Å²) >= 11 is 0. The molecule has 0 bridgehead atoms. The first-order chi connectivity index (χ1) is 13.2. The van der Waals surface area contributed by atoms with Gasteiger partial charge in [-0.2, -0.15) is 10.2 Å². The molecule has 138 valence electrons. The van der Waals surface area contributed by atoms with Gasteiger partial charge in [0.15, 0.2) is 5.65 Å². The average molecular weight is 365 g/mol. The molecule has 0 aromatic carbocycles. The zero-order valence-electron chi connectivity index (χ0n) is 14.6. The molecule has 0 radical (unpaired) electrons. The first-order valence-corrected chi connectivity index (χ1v) is 8.94. The van der Waals surface area contributed by atoms with Crippen molar-refractivity contribution in [3.05, 3.63) is 45.4 Å². The number of imidazole rings is 1. The molecule has 1 aliphatic carbocycles. The normalized spacial score (nSPS) is 19.7. The monoisotopic (exact) mass is 365 g/mol. The summed E-state index contributed by atoms with van der Waals surface area (Å²) in [5, 5.41) is 11.8. The number of nitrogens with zero attached hydrogens (tertiary/aromatic N) is 4. The van der Waals surface area contributed by atoms with Crippen LogP contribution in [0.3, 0.4) is 0 Å². The number of hydrogen-bond acceptors (Lipinski definition) is 6. The van der Waals surface area contributed by atoms with Crippen molar-refractivity contribution in [2.24, 2.45) is 5.92 Å². The molecule has 3 N–H and O–H groups in total. The van der Waals surface area contributed by atoms with Crippen molar-refractivity contribution in [3.8, 4) is 6.07 Å². The molecule has 1 fully saturated rings. The lowest BCUT2D eigenvalue weighted by atomic mass is 9.84. The Balaban J connectivity index is 1.65. The predicted octanol–water partition coefficient (Wildman–Crippen LogP) is 2.20. The molecule has 0 saturated heterocycles. The highest BCUT2D eigenvalue weighted by Gasteiger charge is 2.25. The van der Waals surface area contributed by atoms with Crippen molar-refractivity contribution in [1.82, 2.24) is 24.5 Å². The quantitative estimate of drug-likeness (QED) is 0.649. The van der Waals surface area contributed by atoms with Crippen molar-refractivity contribution in [2.45, 2.75) is 38.1 Å². The Morgan fingerprint density at radius 3 is 2.85 bits per heavy atom. The van der Waals surface area contributed by atoms with E-state index in [0.29, 0.717) is 29.2 Å². The number of nitriles is 1. The van der Waals surface area contributed by atoms with Gasteiger partial charge in [0, 0.05) is 18.7 Å². The number of rotatable bonds is 4. The van der Waals surface area contributed by atoms with E-state index < -0.39 is 0 Å². The zero-order valence-corrected chi connectivity index (χ0v) is 14.6. The molecule has 4 rings (SSSR count). The summed E-state index contributed by atoms with van der Waals surface area (Å²) in [6.07, 6.45) is 7.18. The number of pyridine rings is 1. The second-order valence-electron chi connectivity index (χ2n) is 6.81. The van der Waals surface area contributed by atoms with E-state index in [2.05, 4.69) is 31.3 Å². The number of H-pyrrole nitrogens is 2. The Hall–Kier alpha value is -3.41. The minimum absolute atomic E-state index is 0.0454. The van der Waals surface area contributed by atoms with Crippen LogP contribution in [0.5, 0.6) is 0 Å². The van der Waals surface area contributed by atoms with Gasteiger partial charge < -0.3 is 15.3 Å². The fourth-order valence-electron chi connectivity index (χ4n) is 3.69. The van der Waals surface area contributed by atoms with E-state index in [9.17, 15) is 9.59 Å². The summed E-state index contributed by atoms with van der Waals surface area (Å²) in [5.74, 6) is 0.661. The maximum absolute atomic E-state index is 12.5. The van der Waals surface area contributed by atoms with E-state index in [1.54, 1.807) is 29.1 Å². The molecule has 0 amide bonds. The molecule has 1 aliphatic rings. The van der Waals surface area contributed by atoms with Crippen molar-refractivity contribution in [1.29, 1.82) is 5.26 Å². The van der Waals surface area contributed by atoms with Gasteiger partial charge >= 0.3 is 5.69 Å². The molecule has 0 aliphatic heterocycles. The Morgan fingerprint density at radius 1 is 1.30 bits per heavy atom. The number of nitrogens with one attached hydrogen (secondary N) is 3. The van der Waals surface area contributed by atoms with Crippen molar-refractivity contribution in [3.63, 3.8) is 0 Å². The zero-order chi connectivity index (χ0) is 18.8. The van der Waals surface area contributed by atoms with E-state index in [4.69, 9.17) is 5.26 Å². The second kappa shape index (κ2) is 7.07. The third kappa shape index (κ3) is 3.33. The van der Waals surface area contributed by atoms with Crippen LogP contribution < -0.4 is 16.6 Å². The number of hydrogen-bond donors (Lipinski definition) is 3. The van der Waals surface area contributed by atoms with Crippen molar-refractivity contribution < 1.29 is 0 Å². The Bertz CT molecular complexity index is 1110. The third-order valence-corrected chi connectivity index (χ3v) is 5.08. The SMILES string of the molecule is N#CC[C@H]1CC[C@H](n2c(=O)[nH]c3cnc(Nc4ccc[nH]c4=O)nc32)CC1. The molecule has 9 nitrogen and oxygen atoms in total. The highest BCUT2D eigenvalue weighted by Crippen LogP contribution is 2.34. The fourth-order valence-corrected chi connectivity index (χ4v) is 3.69. The number of anilines is 2. The van der Waals surface area contributed by atoms with Gasteiger partial charge in [0.25, 0.3) is 5.56 Å². The van der Waals surface area contributed by atoms with Gasteiger partial charge in [-0.05, 0) is 43.7 Å². The van der Waals surface area contributed by atoms with Crippen molar-refractivity contribution in [2.75, 3.05) is 5.32 Å². The molecule has 0 spiro atoms. The summed E-state index contributed by atoms with van der Waals surface area (Å²) in [4.78, 5) is 38.3.